The van der Waals surface area contributed by atoms with Crippen LogP contribution in [0.2, 0.25) is 0 Å². The van der Waals surface area contributed by atoms with E-state index in [0.29, 0.717) is 0 Å². The van der Waals surface area contributed by atoms with E-state index in [1.165, 1.54) is 5.56 Å². The molecule has 1 rings (SSSR count). The molecule has 0 heterocycles. The summed E-state index contributed by atoms with van der Waals surface area (Å²) in [7, 11) is 3.88. The van der Waals surface area contributed by atoms with Gasteiger partial charge in [-0.3, -0.25) is 9.69 Å². The molecule has 0 radical (unpaired) electrons. The van der Waals surface area contributed by atoms with Gasteiger partial charge < -0.3 is 5.32 Å². The zero-order valence-electron chi connectivity index (χ0n) is 12.3. The molecule has 3 nitrogen and oxygen atoms in total. The van der Waals surface area contributed by atoms with Gasteiger partial charge in [-0.05, 0) is 32.3 Å². The Bertz CT molecular complexity index is 407. The van der Waals surface area contributed by atoms with Crippen LogP contribution < -0.4 is 5.32 Å². The molecule has 0 aromatic heterocycles. The van der Waals surface area contributed by atoms with E-state index in [1.807, 2.05) is 55.9 Å². The van der Waals surface area contributed by atoms with E-state index in [4.69, 9.17) is 0 Å². The first-order valence-corrected chi connectivity index (χ1v) is 7.80. The molecule has 1 amide bonds. The third-order valence-corrected chi connectivity index (χ3v) is 3.77. The van der Waals surface area contributed by atoms with Gasteiger partial charge in [-0.15, -0.1) is 0 Å². The van der Waals surface area contributed by atoms with Gasteiger partial charge in [-0.25, -0.2) is 0 Å². The van der Waals surface area contributed by atoms with Crippen LogP contribution in [0.15, 0.2) is 24.3 Å². The highest BCUT2D eigenvalue weighted by atomic mass is 32.2. The van der Waals surface area contributed by atoms with E-state index in [1.54, 1.807) is 0 Å². The fourth-order valence-corrected chi connectivity index (χ4v) is 2.55. The van der Waals surface area contributed by atoms with Crippen LogP contribution >= 0.6 is 11.8 Å². The molecule has 1 N–H and O–H groups in total. The van der Waals surface area contributed by atoms with Gasteiger partial charge >= 0.3 is 0 Å². The maximum absolute atomic E-state index is 12.3. The minimum atomic E-state index is -0.216. The zero-order chi connectivity index (χ0) is 14.3. The molecular weight excluding hydrogens is 256 g/mol. The molecule has 1 aromatic rings. The second-order valence-corrected chi connectivity index (χ2v) is 6.16. The van der Waals surface area contributed by atoms with Crippen LogP contribution in [0.3, 0.4) is 0 Å². The van der Waals surface area contributed by atoms with Crippen molar-refractivity contribution in [1.82, 2.24) is 10.2 Å². The van der Waals surface area contributed by atoms with Crippen molar-refractivity contribution in [3.05, 3.63) is 35.4 Å². The van der Waals surface area contributed by atoms with Crippen LogP contribution in [0.1, 0.15) is 24.1 Å². The molecule has 1 atom stereocenters. The Kier molecular flexibility index (Phi) is 6.95. The molecule has 0 aliphatic carbocycles. The number of aryl methyl sites for hydroxylation is 1. The molecule has 0 aliphatic heterocycles. The molecule has 4 heteroatoms. The van der Waals surface area contributed by atoms with Crippen molar-refractivity contribution in [3.63, 3.8) is 0 Å². The second-order valence-electron chi connectivity index (χ2n) is 4.77. The normalized spacial score (nSPS) is 12.5. The Morgan fingerprint density at radius 2 is 2.16 bits per heavy atom. The maximum atomic E-state index is 12.3. The predicted molar refractivity (Wildman–Crippen MR) is 83.6 cm³/mol. The third kappa shape index (κ3) is 5.25. The number of nitrogens with zero attached hydrogens (tertiary/aromatic N) is 1. The zero-order valence-corrected chi connectivity index (χ0v) is 13.1. The summed E-state index contributed by atoms with van der Waals surface area (Å²) in [6.07, 6.45) is 0. The molecule has 0 saturated heterocycles. The number of carbonyl (C=O) groups is 1. The fraction of sp³-hybridized carbons (Fsp3) is 0.533. The third-order valence-electron chi connectivity index (χ3n) is 2.87. The van der Waals surface area contributed by atoms with Gasteiger partial charge in [0, 0.05) is 12.3 Å². The van der Waals surface area contributed by atoms with Crippen molar-refractivity contribution in [3.8, 4) is 0 Å². The average molecular weight is 280 g/mol. The highest BCUT2D eigenvalue weighted by Gasteiger charge is 2.22. The Labute approximate surface area is 120 Å². The summed E-state index contributed by atoms with van der Waals surface area (Å²) in [6.45, 7) is 4.90. The summed E-state index contributed by atoms with van der Waals surface area (Å²) >= 11 is 1.84. The van der Waals surface area contributed by atoms with Crippen molar-refractivity contribution >= 4 is 17.7 Å². The fourth-order valence-electron chi connectivity index (χ4n) is 2.01. The summed E-state index contributed by atoms with van der Waals surface area (Å²) in [5.74, 6) is 2.13. The lowest BCUT2D eigenvalue weighted by atomic mass is 10.0. The first-order valence-electron chi connectivity index (χ1n) is 6.64. The van der Waals surface area contributed by atoms with Gasteiger partial charge in [0.2, 0.25) is 5.91 Å². The Morgan fingerprint density at radius 3 is 2.74 bits per heavy atom. The smallest absolute Gasteiger partial charge is 0.241 e. The van der Waals surface area contributed by atoms with Gasteiger partial charge in [0.25, 0.3) is 0 Å². The standard InChI is InChI=1S/C15H24N2OS/c1-5-19-10-9-16-15(18)14(17(3)4)13-8-6-7-12(2)11-13/h6-8,11,14H,5,9-10H2,1-4H3,(H,16,18)/t14-/m1/s1. The van der Waals surface area contributed by atoms with Gasteiger partial charge in [-0.2, -0.15) is 11.8 Å². The van der Waals surface area contributed by atoms with E-state index >= 15 is 0 Å². The van der Waals surface area contributed by atoms with Gasteiger partial charge in [-0.1, -0.05) is 36.8 Å². The lowest BCUT2D eigenvalue weighted by molar-refractivity contribution is -0.125. The van der Waals surface area contributed by atoms with Crippen molar-refractivity contribution in [1.29, 1.82) is 0 Å². The topological polar surface area (TPSA) is 32.3 Å². The SMILES string of the molecule is CCSCCNC(=O)[C@@H](c1cccc(C)c1)N(C)C. The van der Waals surface area contributed by atoms with Crippen LogP contribution in [-0.2, 0) is 4.79 Å². The summed E-state index contributed by atoms with van der Waals surface area (Å²) in [4.78, 5) is 14.3. The monoisotopic (exact) mass is 280 g/mol. The van der Waals surface area contributed by atoms with Crippen molar-refractivity contribution in [2.24, 2.45) is 0 Å². The molecule has 0 spiro atoms. The number of amides is 1. The molecule has 1 aromatic carbocycles. The largest absolute Gasteiger partial charge is 0.354 e. The van der Waals surface area contributed by atoms with E-state index in [0.717, 1.165) is 23.6 Å². The minimum absolute atomic E-state index is 0.0762. The number of carbonyl (C=O) groups excluding carboxylic acids is 1. The number of rotatable bonds is 7. The van der Waals surface area contributed by atoms with E-state index in [9.17, 15) is 4.79 Å². The Balaban J connectivity index is 2.69. The van der Waals surface area contributed by atoms with Crippen molar-refractivity contribution in [2.75, 3.05) is 32.1 Å². The predicted octanol–water partition coefficient (Wildman–Crippen LogP) is 2.47. The van der Waals surface area contributed by atoms with Crippen LogP contribution in [0.5, 0.6) is 0 Å². The first-order chi connectivity index (χ1) is 9.06. The average Bonchev–Trinajstić information content (AvgIpc) is 2.34. The number of hydrogen-bond donors (Lipinski definition) is 1. The number of likely N-dealkylation sites (N-methyl/N-ethyl adjacent to an activating group) is 1. The lowest BCUT2D eigenvalue weighted by Gasteiger charge is -2.24. The molecule has 0 saturated carbocycles. The Hall–Kier alpha value is -1.00. The highest BCUT2D eigenvalue weighted by molar-refractivity contribution is 7.99. The number of nitrogens with one attached hydrogen (secondary N) is 1. The van der Waals surface area contributed by atoms with Crippen molar-refractivity contribution < 1.29 is 4.79 Å². The van der Waals surface area contributed by atoms with Gasteiger partial charge in [0.1, 0.15) is 6.04 Å². The van der Waals surface area contributed by atoms with Crippen LogP contribution in [0.4, 0.5) is 0 Å². The van der Waals surface area contributed by atoms with E-state index < -0.39 is 0 Å². The number of hydrogen-bond acceptors (Lipinski definition) is 3. The van der Waals surface area contributed by atoms with Gasteiger partial charge in [0.15, 0.2) is 0 Å². The molecular formula is C15H24N2OS. The minimum Gasteiger partial charge on any atom is -0.354 e. The number of benzene rings is 1. The van der Waals surface area contributed by atoms with E-state index in [2.05, 4.69) is 18.3 Å². The van der Waals surface area contributed by atoms with Crippen LogP contribution in [-0.4, -0.2) is 43.0 Å². The van der Waals surface area contributed by atoms with E-state index in [-0.39, 0.29) is 11.9 Å². The highest BCUT2D eigenvalue weighted by Crippen LogP contribution is 2.19. The maximum Gasteiger partial charge on any atom is 0.241 e. The van der Waals surface area contributed by atoms with Crippen LogP contribution in [0, 0.1) is 6.92 Å². The summed E-state index contributed by atoms with van der Waals surface area (Å²) in [5, 5.41) is 3.02. The van der Waals surface area contributed by atoms with Crippen molar-refractivity contribution in [2.45, 2.75) is 19.9 Å². The molecule has 106 valence electrons. The Morgan fingerprint density at radius 1 is 1.42 bits per heavy atom. The summed E-state index contributed by atoms with van der Waals surface area (Å²) < 4.78 is 0. The first kappa shape index (κ1) is 16.1. The molecule has 0 aliphatic rings. The number of thioether (sulfide) groups is 1. The molecule has 19 heavy (non-hydrogen) atoms. The summed E-state index contributed by atoms with van der Waals surface area (Å²) in [6, 6.07) is 7.92. The lowest BCUT2D eigenvalue weighted by Crippen LogP contribution is -2.38. The summed E-state index contributed by atoms with van der Waals surface area (Å²) in [5.41, 5.74) is 2.23. The van der Waals surface area contributed by atoms with Gasteiger partial charge in [0.05, 0.1) is 0 Å². The second kappa shape index (κ2) is 8.23. The molecule has 0 fully saturated rings. The molecule has 0 unspecified atom stereocenters. The van der Waals surface area contributed by atoms with Crippen LogP contribution in [0.25, 0.3) is 0 Å². The molecule has 0 bridgehead atoms. The quantitative estimate of drug-likeness (QED) is 0.779.